The van der Waals surface area contributed by atoms with Gasteiger partial charge < -0.3 is 10.1 Å². The minimum atomic E-state index is -3.43. The van der Waals surface area contributed by atoms with Crippen molar-refractivity contribution in [3.63, 3.8) is 0 Å². The molecule has 3 rings (SSSR count). The molecule has 1 amide bonds. The highest BCUT2D eigenvalue weighted by atomic mass is 32.2. The summed E-state index contributed by atoms with van der Waals surface area (Å²) in [6.45, 7) is 3.65. The molecule has 150 valence electrons. The van der Waals surface area contributed by atoms with Crippen molar-refractivity contribution in [2.24, 2.45) is 0 Å². The van der Waals surface area contributed by atoms with Crippen molar-refractivity contribution in [2.45, 2.75) is 37.5 Å². The van der Waals surface area contributed by atoms with Crippen molar-refractivity contribution in [3.05, 3.63) is 54.1 Å². The van der Waals surface area contributed by atoms with Crippen LogP contribution in [0.25, 0.3) is 0 Å². The fraction of sp³-hybridized carbons (Fsp3) is 0.381. The number of aryl methyl sites for hydroxylation is 1. The van der Waals surface area contributed by atoms with Crippen molar-refractivity contribution >= 4 is 21.6 Å². The fourth-order valence-corrected chi connectivity index (χ4v) is 4.78. The molecule has 6 nitrogen and oxygen atoms in total. The molecule has 1 fully saturated rings. The number of carbonyl (C=O) groups is 1. The van der Waals surface area contributed by atoms with Gasteiger partial charge in [0.1, 0.15) is 5.75 Å². The third-order valence-electron chi connectivity index (χ3n) is 4.73. The number of sulfonamides is 1. The molecule has 7 heteroatoms. The molecule has 0 aliphatic carbocycles. The number of hydrogen-bond acceptors (Lipinski definition) is 4. The van der Waals surface area contributed by atoms with Gasteiger partial charge in [-0.15, -0.1) is 0 Å². The van der Waals surface area contributed by atoms with Gasteiger partial charge in [-0.3, -0.25) is 4.79 Å². The number of para-hydroxylation sites is 1. The van der Waals surface area contributed by atoms with Crippen LogP contribution < -0.4 is 10.1 Å². The number of nitrogens with zero attached hydrogens (tertiary/aromatic N) is 1. The van der Waals surface area contributed by atoms with Gasteiger partial charge in [0.15, 0.2) is 0 Å². The lowest BCUT2D eigenvalue weighted by Gasteiger charge is -2.15. The maximum atomic E-state index is 12.5. The Hall–Kier alpha value is -2.38. The zero-order valence-corrected chi connectivity index (χ0v) is 16.9. The fourth-order valence-electron chi connectivity index (χ4n) is 3.27. The van der Waals surface area contributed by atoms with E-state index in [0.29, 0.717) is 38.2 Å². The van der Waals surface area contributed by atoms with Gasteiger partial charge in [-0.2, -0.15) is 4.31 Å². The lowest BCUT2D eigenvalue weighted by atomic mass is 10.1. The van der Waals surface area contributed by atoms with Crippen LogP contribution in [0, 0.1) is 0 Å². The van der Waals surface area contributed by atoms with Gasteiger partial charge in [0, 0.05) is 25.2 Å². The largest absolute Gasteiger partial charge is 0.494 e. The summed E-state index contributed by atoms with van der Waals surface area (Å²) in [5, 5.41) is 2.82. The first-order valence-electron chi connectivity index (χ1n) is 9.61. The van der Waals surface area contributed by atoms with Crippen LogP contribution in [0.15, 0.2) is 53.4 Å². The Morgan fingerprint density at radius 2 is 1.75 bits per heavy atom. The second-order valence-electron chi connectivity index (χ2n) is 6.72. The summed E-state index contributed by atoms with van der Waals surface area (Å²) >= 11 is 0. The van der Waals surface area contributed by atoms with Crippen LogP contribution in [0.5, 0.6) is 5.75 Å². The normalized spacial score (nSPS) is 14.8. The van der Waals surface area contributed by atoms with Crippen LogP contribution in [0.2, 0.25) is 0 Å². The van der Waals surface area contributed by atoms with Crippen molar-refractivity contribution in [3.8, 4) is 5.75 Å². The van der Waals surface area contributed by atoms with E-state index in [9.17, 15) is 13.2 Å². The molecule has 0 unspecified atom stereocenters. The molecule has 28 heavy (non-hydrogen) atoms. The second kappa shape index (κ2) is 9.21. The maximum absolute atomic E-state index is 12.5. The van der Waals surface area contributed by atoms with Gasteiger partial charge in [0.2, 0.25) is 15.9 Å². The number of anilines is 1. The summed E-state index contributed by atoms with van der Waals surface area (Å²) in [7, 11) is -3.43. The highest BCUT2D eigenvalue weighted by molar-refractivity contribution is 7.89. The van der Waals surface area contributed by atoms with Crippen LogP contribution in [-0.4, -0.2) is 38.3 Å². The number of rotatable bonds is 8. The average molecular weight is 403 g/mol. The Morgan fingerprint density at radius 3 is 2.43 bits per heavy atom. The van der Waals surface area contributed by atoms with E-state index in [1.54, 1.807) is 24.3 Å². The van der Waals surface area contributed by atoms with E-state index in [1.165, 1.54) is 4.31 Å². The minimum Gasteiger partial charge on any atom is -0.494 e. The summed E-state index contributed by atoms with van der Waals surface area (Å²) in [5.74, 6) is 0.677. The van der Waals surface area contributed by atoms with Crippen LogP contribution in [0.3, 0.4) is 0 Å². The number of hydrogen-bond donors (Lipinski definition) is 1. The van der Waals surface area contributed by atoms with Crippen molar-refractivity contribution in [1.29, 1.82) is 0 Å². The summed E-state index contributed by atoms with van der Waals surface area (Å²) in [5.41, 5.74) is 1.58. The van der Waals surface area contributed by atoms with E-state index >= 15 is 0 Å². The van der Waals surface area contributed by atoms with E-state index in [1.807, 2.05) is 31.2 Å². The van der Waals surface area contributed by atoms with Crippen LogP contribution in [0.1, 0.15) is 31.7 Å². The van der Waals surface area contributed by atoms with Crippen LogP contribution >= 0.6 is 0 Å². The number of benzene rings is 2. The molecule has 0 aromatic heterocycles. The molecule has 1 aliphatic rings. The Kier molecular flexibility index (Phi) is 6.70. The van der Waals surface area contributed by atoms with E-state index in [4.69, 9.17) is 4.74 Å². The van der Waals surface area contributed by atoms with Gasteiger partial charge in [-0.25, -0.2) is 8.42 Å². The van der Waals surface area contributed by atoms with Crippen LogP contribution in [-0.2, 0) is 21.2 Å². The van der Waals surface area contributed by atoms with Gasteiger partial charge in [-0.1, -0.05) is 18.2 Å². The van der Waals surface area contributed by atoms with E-state index < -0.39 is 10.0 Å². The number of carbonyl (C=O) groups excluding carboxylic acids is 1. The molecule has 0 atom stereocenters. The van der Waals surface area contributed by atoms with Gasteiger partial charge in [0.25, 0.3) is 0 Å². The van der Waals surface area contributed by atoms with E-state index in [2.05, 4.69) is 5.32 Å². The van der Waals surface area contributed by atoms with Crippen molar-refractivity contribution in [1.82, 2.24) is 4.31 Å². The van der Waals surface area contributed by atoms with Crippen molar-refractivity contribution < 1.29 is 17.9 Å². The molecular weight excluding hydrogens is 376 g/mol. The zero-order valence-electron chi connectivity index (χ0n) is 16.1. The first-order valence-corrected chi connectivity index (χ1v) is 11.1. The van der Waals surface area contributed by atoms with Gasteiger partial charge >= 0.3 is 0 Å². The zero-order chi connectivity index (χ0) is 20.0. The quantitative estimate of drug-likeness (QED) is 0.734. The predicted octanol–water partition coefficient (Wildman–Crippen LogP) is 3.44. The first kappa shape index (κ1) is 20.4. The monoisotopic (exact) mass is 402 g/mol. The second-order valence-corrected chi connectivity index (χ2v) is 8.66. The van der Waals surface area contributed by atoms with Gasteiger partial charge in [-0.05, 0) is 62.1 Å². The molecule has 1 heterocycles. The lowest BCUT2D eigenvalue weighted by Crippen LogP contribution is -2.27. The third-order valence-corrected chi connectivity index (χ3v) is 6.65. The summed E-state index contributed by atoms with van der Waals surface area (Å²) < 4.78 is 32.2. The maximum Gasteiger partial charge on any atom is 0.243 e. The molecule has 2 aromatic rings. The Morgan fingerprint density at radius 1 is 1.07 bits per heavy atom. The number of ether oxygens (including phenoxy) is 1. The molecule has 1 saturated heterocycles. The molecule has 0 bridgehead atoms. The highest BCUT2D eigenvalue weighted by Gasteiger charge is 2.26. The molecule has 0 saturated carbocycles. The summed E-state index contributed by atoms with van der Waals surface area (Å²) in [4.78, 5) is 12.5. The average Bonchev–Trinajstić information content (AvgIpc) is 3.24. The number of nitrogens with one attached hydrogen (secondary N) is 1. The van der Waals surface area contributed by atoms with E-state index in [0.717, 1.165) is 24.2 Å². The Labute approximate surface area is 166 Å². The molecule has 1 N–H and O–H groups in total. The Balaban J connectivity index is 1.58. The molecular formula is C21H26N2O4S. The molecule has 1 aliphatic heterocycles. The SMILES string of the molecule is CCOc1ccccc1CCC(=O)Nc1ccc(S(=O)(=O)N2CCCC2)cc1. The predicted molar refractivity (Wildman–Crippen MR) is 109 cm³/mol. The smallest absolute Gasteiger partial charge is 0.243 e. The topological polar surface area (TPSA) is 75.7 Å². The van der Waals surface area contributed by atoms with Crippen molar-refractivity contribution in [2.75, 3.05) is 25.0 Å². The molecule has 0 spiro atoms. The molecule has 2 aromatic carbocycles. The first-order chi connectivity index (χ1) is 13.5. The summed E-state index contributed by atoms with van der Waals surface area (Å²) in [6.07, 6.45) is 2.70. The summed E-state index contributed by atoms with van der Waals surface area (Å²) in [6, 6.07) is 14.1. The highest BCUT2D eigenvalue weighted by Crippen LogP contribution is 2.23. The van der Waals surface area contributed by atoms with Gasteiger partial charge in [0.05, 0.1) is 11.5 Å². The minimum absolute atomic E-state index is 0.124. The molecule has 0 radical (unpaired) electrons. The lowest BCUT2D eigenvalue weighted by molar-refractivity contribution is -0.116. The van der Waals surface area contributed by atoms with E-state index in [-0.39, 0.29) is 10.8 Å². The standard InChI is InChI=1S/C21H26N2O4S/c1-2-27-20-8-4-3-7-17(20)9-14-21(24)22-18-10-12-19(13-11-18)28(25,26)23-15-5-6-16-23/h3-4,7-8,10-13H,2,5-6,9,14-16H2,1H3,(H,22,24). The third kappa shape index (κ3) is 4.91. The Bertz CT molecular complexity index is 904. The number of amides is 1. The van der Waals surface area contributed by atoms with Crippen LogP contribution in [0.4, 0.5) is 5.69 Å².